The van der Waals surface area contributed by atoms with Gasteiger partial charge in [-0.2, -0.15) is 10.2 Å². The average Bonchev–Trinajstić information content (AvgIpc) is 3.21. The number of nitrogens with zero attached hydrogens (tertiary/aromatic N) is 2. The minimum absolute atomic E-state index is 0.0371. The van der Waals surface area contributed by atoms with Crippen LogP contribution in [0, 0.1) is 0 Å². The molecule has 128 valence electrons. The molecule has 0 unspecified atom stereocenters. The summed E-state index contributed by atoms with van der Waals surface area (Å²) in [7, 11) is -2.59. The Kier molecular flexibility index (Phi) is 8.16. The van der Waals surface area contributed by atoms with E-state index in [1.54, 1.807) is 0 Å². The Morgan fingerprint density at radius 2 is 1.64 bits per heavy atom. The summed E-state index contributed by atoms with van der Waals surface area (Å²) < 4.78 is 17.3. The lowest BCUT2D eigenvalue weighted by atomic mass is 10.1. The van der Waals surface area contributed by atoms with Crippen LogP contribution in [0.15, 0.2) is 10.2 Å². The van der Waals surface area contributed by atoms with Crippen molar-refractivity contribution in [1.29, 1.82) is 0 Å². The Labute approximate surface area is 134 Å². The highest BCUT2D eigenvalue weighted by Gasteiger charge is 2.39. The third kappa shape index (κ3) is 6.95. The molecule has 0 aromatic heterocycles. The predicted molar refractivity (Wildman–Crippen MR) is 85.6 cm³/mol. The number of amides is 1. The van der Waals surface area contributed by atoms with Crippen LogP contribution < -0.4 is 5.32 Å². The fourth-order valence-electron chi connectivity index (χ4n) is 2.16. The van der Waals surface area contributed by atoms with Crippen molar-refractivity contribution >= 4 is 14.7 Å². The molecule has 0 saturated heterocycles. The molecule has 0 radical (unpaired) electrons. The second-order valence-corrected chi connectivity index (χ2v) is 8.08. The number of rotatable bonds is 13. The van der Waals surface area contributed by atoms with Crippen LogP contribution in [0.2, 0.25) is 6.04 Å². The molecular weight excluding hydrogens is 302 g/mol. The lowest BCUT2D eigenvalue weighted by molar-refractivity contribution is -0.121. The minimum Gasteiger partial charge on any atom is -0.374 e. The summed E-state index contributed by atoms with van der Waals surface area (Å²) >= 11 is 0. The molecule has 1 heterocycles. The smallest absolute Gasteiger partial charge is 0.374 e. The van der Waals surface area contributed by atoms with E-state index in [-0.39, 0.29) is 11.6 Å². The van der Waals surface area contributed by atoms with Crippen molar-refractivity contribution in [3.8, 4) is 0 Å². The SMILES string of the molecule is CCO[Si](CCCNC(=O)CCC1(C)N=N1)(OCC)OCC. The summed E-state index contributed by atoms with van der Waals surface area (Å²) in [4.78, 5) is 11.7. The molecule has 1 rings (SSSR count). The van der Waals surface area contributed by atoms with Gasteiger partial charge in [0, 0.05) is 45.3 Å². The molecule has 1 aliphatic heterocycles. The van der Waals surface area contributed by atoms with Crippen molar-refractivity contribution in [2.24, 2.45) is 10.2 Å². The molecule has 0 fully saturated rings. The normalized spacial score (nSPS) is 15.8. The monoisotopic (exact) mass is 331 g/mol. The first-order valence-electron chi connectivity index (χ1n) is 8.12. The van der Waals surface area contributed by atoms with E-state index in [2.05, 4.69) is 15.5 Å². The zero-order chi connectivity index (χ0) is 16.5. The van der Waals surface area contributed by atoms with Crippen molar-refractivity contribution in [2.75, 3.05) is 26.4 Å². The first-order chi connectivity index (χ1) is 10.5. The van der Waals surface area contributed by atoms with Gasteiger partial charge in [-0.1, -0.05) is 0 Å². The topological polar surface area (TPSA) is 81.5 Å². The number of carbonyl (C=O) groups excluding carboxylic acids is 1. The average molecular weight is 331 g/mol. The summed E-state index contributed by atoms with van der Waals surface area (Å²) in [5.41, 5.74) is -0.307. The first-order valence-corrected chi connectivity index (χ1v) is 10.0. The number of hydrogen-bond donors (Lipinski definition) is 1. The van der Waals surface area contributed by atoms with Crippen LogP contribution in [-0.4, -0.2) is 46.7 Å². The fraction of sp³-hybridized carbons (Fsp3) is 0.929. The fourth-order valence-corrected chi connectivity index (χ4v) is 4.77. The van der Waals surface area contributed by atoms with Crippen molar-refractivity contribution < 1.29 is 18.1 Å². The highest BCUT2D eigenvalue weighted by molar-refractivity contribution is 6.60. The van der Waals surface area contributed by atoms with E-state index in [1.807, 2.05) is 27.7 Å². The van der Waals surface area contributed by atoms with Crippen LogP contribution >= 0.6 is 0 Å². The third-order valence-corrected chi connectivity index (χ3v) is 6.49. The van der Waals surface area contributed by atoms with Crippen LogP contribution in [0.3, 0.4) is 0 Å². The Balaban J connectivity index is 2.24. The van der Waals surface area contributed by atoms with Gasteiger partial charge in [0.2, 0.25) is 5.91 Å². The van der Waals surface area contributed by atoms with E-state index in [4.69, 9.17) is 13.3 Å². The molecular formula is C14H29N3O4Si. The standard InChI is InChI=1S/C14H29N3O4Si/c1-5-19-22(20-6-2,21-7-3)12-8-11-15-13(18)9-10-14(4)16-17-14/h5-12H2,1-4H3,(H,15,18). The summed E-state index contributed by atoms with van der Waals surface area (Å²) in [6, 6.07) is 0.713. The Bertz CT molecular complexity index is 356. The lowest BCUT2D eigenvalue weighted by Gasteiger charge is -2.28. The molecule has 0 saturated carbocycles. The summed E-state index contributed by atoms with van der Waals surface area (Å²) in [5, 5.41) is 10.7. The van der Waals surface area contributed by atoms with Gasteiger partial charge in [-0.25, -0.2) is 0 Å². The Hall–Kier alpha value is -0.833. The van der Waals surface area contributed by atoms with Crippen LogP contribution in [0.1, 0.15) is 47.0 Å². The molecule has 7 nitrogen and oxygen atoms in total. The molecule has 1 amide bonds. The maximum Gasteiger partial charge on any atom is 0.500 e. The molecule has 0 atom stereocenters. The van der Waals surface area contributed by atoms with Gasteiger partial charge in [-0.15, -0.1) is 0 Å². The first kappa shape index (κ1) is 19.2. The molecule has 1 aliphatic rings. The second-order valence-electron chi connectivity index (χ2n) is 5.35. The zero-order valence-electron chi connectivity index (χ0n) is 14.2. The number of nitrogens with one attached hydrogen (secondary N) is 1. The lowest BCUT2D eigenvalue weighted by Crippen LogP contribution is -2.46. The minimum atomic E-state index is -2.59. The molecule has 8 heteroatoms. The molecule has 0 bridgehead atoms. The largest absolute Gasteiger partial charge is 0.500 e. The quantitative estimate of drug-likeness (QED) is 0.415. The van der Waals surface area contributed by atoms with Gasteiger partial charge in [0.15, 0.2) is 5.66 Å². The van der Waals surface area contributed by atoms with Crippen molar-refractivity contribution in [1.82, 2.24) is 5.32 Å². The van der Waals surface area contributed by atoms with Crippen LogP contribution in [0.25, 0.3) is 0 Å². The van der Waals surface area contributed by atoms with Gasteiger partial charge in [-0.3, -0.25) is 4.79 Å². The van der Waals surface area contributed by atoms with Crippen molar-refractivity contribution in [3.63, 3.8) is 0 Å². The van der Waals surface area contributed by atoms with E-state index in [1.165, 1.54) is 0 Å². The van der Waals surface area contributed by atoms with Crippen LogP contribution in [-0.2, 0) is 18.1 Å². The zero-order valence-corrected chi connectivity index (χ0v) is 15.2. The van der Waals surface area contributed by atoms with E-state index in [9.17, 15) is 4.79 Å². The van der Waals surface area contributed by atoms with Gasteiger partial charge in [0.1, 0.15) is 0 Å². The summed E-state index contributed by atoms with van der Waals surface area (Å²) in [6.45, 7) is 10.1. The van der Waals surface area contributed by atoms with Gasteiger partial charge in [-0.05, 0) is 34.1 Å². The molecule has 0 aliphatic carbocycles. The number of hydrogen-bond acceptors (Lipinski definition) is 6. The van der Waals surface area contributed by atoms with E-state index in [0.29, 0.717) is 45.3 Å². The van der Waals surface area contributed by atoms with Gasteiger partial charge in [0.25, 0.3) is 0 Å². The second kappa shape index (κ2) is 9.34. The maximum absolute atomic E-state index is 11.7. The van der Waals surface area contributed by atoms with Gasteiger partial charge in [0.05, 0.1) is 0 Å². The third-order valence-electron chi connectivity index (χ3n) is 3.34. The van der Waals surface area contributed by atoms with Gasteiger partial charge >= 0.3 is 8.80 Å². The van der Waals surface area contributed by atoms with E-state index >= 15 is 0 Å². The molecule has 0 aromatic rings. The Morgan fingerprint density at radius 1 is 1.09 bits per heavy atom. The molecule has 0 aromatic carbocycles. The highest BCUT2D eigenvalue weighted by Crippen LogP contribution is 2.31. The van der Waals surface area contributed by atoms with Crippen LogP contribution in [0.5, 0.6) is 0 Å². The molecule has 22 heavy (non-hydrogen) atoms. The number of carbonyl (C=O) groups is 1. The molecule has 1 N–H and O–H groups in total. The Morgan fingerprint density at radius 3 is 2.09 bits per heavy atom. The summed E-state index contributed by atoms with van der Waals surface area (Å²) in [6.07, 6.45) is 1.91. The van der Waals surface area contributed by atoms with E-state index in [0.717, 1.165) is 6.42 Å². The van der Waals surface area contributed by atoms with Crippen LogP contribution in [0.4, 0.5) is 0 Å². The predicted octanol–water partition coefficient (Wildman–Crippen LogP) is 2.50. The highest BCUT2D eigenvalue weighted by atomic mass is 28.4. The van der Waals surface area contributed by atoms with Crippen molar-refractivity contribution in [3.05, 3.63) is 0 Å². The van der Waals surface area contributed by atoms with Gasteiger partial charge < -0.3 is 18.6 Å². The molecule has 0 spiro atoms. The maximum atomic E-state index is 11.7. The van der Waals surface area contributed by atoms with Crippen molar-refractivity contribution in [2.45, 2.75) is 58.7 Å². The summed E-state index contributed by atoms with van der Waals surface area (Å²) in [5.74, 6) is 0.0371. The van der Waals surface area contributed by atoms with E-state index < -0.39 is 8.80 Å².